The Bertz CT molecular complexity index is 937. The van der Waals surface area contributed by atoms with E-state index in [9.17, 15) is 4.79 Å². The van der Waals surface area contributed by atoms with E-state index in [1.165, 1.54) is 14.2 Å². The van der Waals surface area contributed by atoms with Crippen molar-refractivity contribution >= 4 is 24.7 Å². The molecule has 0 N–H and O–H groups in total. The molecule has 8 nitrogen and oxygen atoms in total. The van der Waals surface area contributed by atoms with Crippen molar-refractivity contribution in [3.63, 3.8) is 0 Å². The Morgan fingerprint density at radius 2 is 1.61 bits per heavy atom. The van der Waals surface area contributed by atoms with Gasteiger partial charge < -0.3 is 18.6 Å². The molecule has 176 valence electrons. The van der Waals surface area contributed by atoms with Gasteiger partial charge in [-0.2, -0.15) is 0 Å². The summed E-state index contributed by atoms with van der Waals surface area (Å²) < 4.78 is 23.2. The number of hydrogen-bond acceptors (Lipinski definition) is 6. The predicted octanol–water partition coefficient (Wildman–Crippen LogP) is 3.20. The highest BCUT2D eigenvalue weighted by atomic mass is 28.4. The van der Waals surface area contributed by atoms with Crippen molar-refractivity contribution in [3.05, 3.63) is 71.1 Å². The minimum absolute atomic E-state index is 0.129. The molecule has 0 unspecified atom stereocenters. The molecule has 9 heteroatoms. The number of azide groups is 1. The molecule has 1 aliphatic rings. The predicted molar refractivity (Wildman–Crippen MR) is 128 cm³/mol. The van der Waals surface area contributed by atoms with Crippen LogP contribution in [0.1, 0.15) is 20.8 Å². The van der Waals surface area contributed by atoms with Crippen LogP contribution in [-0.2, 0) is 23.4 Å². The number of carbonyl (C=O) groups is 1. The van der Waals surface area contributed by atoms with Crippen LogP contribution in [0.3, 0.4) is 0 Å². The van der Waals surface area contributed by atoms with Gasteiger partial charge in [0.15, 0.2) is 6.10 Å². The number of esters is 1. The van der Waals surface area contributed by atoms with Crippen LogP contribution in [0.2, 0.25) is 5.04 Å². The fourth-order valence-electron chi connectivity index (χ4n) is 4.61. The molecule has 0 radical (unpaired) electrons. The second-order valence-electron chi connectivity index (χ2n) is 8.99. The third kappa shape index (κ3) is 4.83. The Balaban J connectivity index is 2.04. The summed E-state index contributed by atoms with van der Waals surface area (Å²) in [5.74, 6) is -0.576. The molecule has 0 amide bonds. The molecule has 1 saturated heterocycles. The van der Waals surface area contributed by atoms with E-state index >= 15 is 0 Å². The molecular formula is C24H31N3O5Si. The first-order valence-corrected chi connectivity index (χ1v) is 12.8. The first-order chi connectivity index (χ1) is 15.8. The highest BCUT2D eigenvalue weighted by Crippen LogP contribution is 2.38. The highest BCUT2D eigenvalue weighted by Gasteiger charge is 2.53. The van der Waals surface area contributed by atoms with Crippen molar-refractivity contribution in [3.8, 4) is 0 Å². The zero-order valence-corrected chi connectivity index (χ0v) is 20.7. The molecule has 1 fully saturated rings. The molecule has 1 aliphatic heterocycles. The smallest absolute Gasteiger partial charge is 0.337 e. The van der Waals surface area contributed by atoms with Gasteiger partial charge in [0.2, 0.25) is 0 Å². The van der Waals surface area contributed by atoms with Gasteiger partial charge >= 0.3 is 5.97 Å². The van der Waals surface area contributed by atoms with Gasteiger partial charge in [0.1, 0.15) is 6.10 Å². The summed E-state index contributed by atoms with van der Waals surface area (Å²) >= 11 is 0. The number of ether oxygens (including phenoxy) is 3. The molecule has 3 rings (SSSR count). The Morgan fingerprint density at radius 1 is 1.06 bits per heavy atom. The number of rotatable bonds is 8. The summed E-state index contributed by atoms with van der Waals surface area (Å²) in [4.78, 5) is 15.3. The van der Waals surface area contributed by atoms with E-state index in [2.05, 4.69) is 55.1 Å². The van der Waals surface area contributed by atoms with Crippen molar-refractivity contribution in [2.24, 2.45) is 5.11 Å². The number of hydrogen-bond donors (Lipinski definition) is 0. The Kier molecular flexibility index (Phi) is 7.94. The number of carbonyl (C=O) groups excluding carboxylic acids is 1. The molecule has 0 spiro atoms. The molecule has 0 saturated carbocycles. The zero-order valence-electron chi connectivity index (χ0n) is 19.7. The SMILES string of the molecule is COC(=O)[C@@H]1O[C@H](CO[Si](c2ccccc2)(c2ccccc2)C(C)(C)C)[C@@H](N=[N+]=[N-])[C@H]1OC. The molecule has 1 heterocycles. The van der Waals surface area contributed by atoms with Gasteiger partial charge in [-0.1, -0.05) is 86.5 Å². The third-order valence-electron chi connectivity index (χ3n) is 6.11. The lowest BCUT2D eigenvalue weighted by molar-refractivity contribution is -0.158. The van der Waals surface area contributed by atoms with E-state index in [1.807, 2.05) is 36.4 Å². The maximum atomic E-state index is 12.3. The fourth-order valence-corrected chi connectivity index (χ4v) is 9.18. The van der Waals surface area contributed by atoms with Gasteiger partial charge in [0.25, 0.3) is 8.32 Å². The number of methoxy groups -OCH3 is 2. The van der Waals surface area contributed by atoms with Crippen molar-refractivity contribution < 1.29 is 23.4 Å². The largest absolute Gasteiger partial charge is 0.467 e. The maximum Gasteiger partial charge on any atom is 0.337 e. The lowest BCUT2D eigenvalue weighted by atomic mass is 10.1. The van der Waals surface area contributed by atoms with Crippen LogP contribution in [0.4, 0.5) is 0 Å². The minimum atomic E-state index is -2.83. The van der Waals surface area contributed by atoms with Crippen molar-refractivity contribution in [2.45, 2.75) is 50.2 Å². The van der Waals surface area contributed by atoms with E-state index in [0.29, 0.717) is 0 Å². The summed E-state index contributed by atoms with van der Waals surface area (Å²) in [6.45, 7) is 6.66. The first kappa shape index (κ1) is 24.9. The van der Waals surface area contributed by atoms with Gasteiger partial charge in [-0.25, -0.2) is 4.79 Å². The fraction of sp³-hybridized carbons (Fsp3) is 0.458. The maximum absolute atomic E-state index is 12.3. The molecule has 33 heavy (non-hydrogen) atoms. The van der Waals surface area contributed by atoms with Crippen LogP contribution in [0, 0.1) is 0 Å². The summed E-state index contributed by atoms with van der Waals surface area (Å²) in [6, 6.07) is 19.7. The summed E-state index contributed by atoms with van der Waals surface area (Å²) in [6.07, 6.45) is -2.43. The topological polar surface area (TPSA) is 103 Å². The van der Waals surface area contributed by atoms with E-state index in [0.717, 1.165) is 10.4 Å². The summed E-state index contributed by atoms with van der Waals surface area (Å²) in [5.41, 5.74) is 9.15. The quantitative estimate of drug-likeness (QED) is 0.194. The second-order valence-corrected chi connectivity index (χ2v) is 13.3. The van der Waals surface area contributed by atoms with Gasteiger partial charge in [0, 0.05) is 12.0 Å². The van der Waals surface area contributed by atoms with Crippen LogP contribution in [0.15, 0.2) is 65.8 Å². The molecular weight excluding hydrogens is 438 g/mol. The normalized spacial score (nSPS) is 23.1. The molecule has 2 aromatic carbocycles. The average Bonchev–Trinajstić information content (AvgIpc) is 3.17. The van der Waals surface area contributed by atoms with Crippen LogP contribution in [0.5, 0.6) is 0 Å². The monoisotopic (exact) mass is 469 g/mol. The minimum Gasteiger partial charge on any atom is -0.467 e. The molecule has 0 aromatic heterocycles. The first-order valence-electron chi connectivity index (χ1n) is 10.9. The number of benzene rings is 2. The number of nitrogens with zero attached hydrogens (tertiary/aromatic N) is 3. The molecule has 0 aliphatic carbocycles. The second kappa shape index (κ2) is 10.5. The van der Waals surface area contributed by atoms with Gasteiger partial charge in [-0.3, -0.25) is 0 Å². The van der Waals surface area contributed by atoms with Crippen LogP contribution in [0.25, 0.3) is 10.4 Å². The highest BCUT2D eigenvalue weighted by molar-refractivity contribution is 6.99. The van der Waals surface area contributed by atoms with E-state index < -0.39 is 38.6 Å². The van der Waals surface area contributed by atoms with Crippen LogP contribution < -0.4 is 10.4 Å². The van der Waals surface area contributed by atoms with Crippen molar-refractivity contribution in [1.82, 2.24) is 0 Å². The Morgan fingerprint density at radius 3 is 2.03 bits per heavy atom. The average molecular weight is 470 g/mol. The van der Waals surface area contributed by atoms with Crippen LogP contribution >= 0.6 is 0 Å². The van der Waals surface area contributed by atoms with Crippen LogP contribution in [-0.4, -0.2) is 59.5 Å². The van der Waals surface area contributed by atoms with Crippen molar-refractivity contribution in [1.29, 1.82) is 0 Å². The van der Waals surface area contributed by atoms with E-state index in [4.69, 9.17) is 24.2 Å². The van der Waals surface area contributed by atoms with Gasteiger partial charge in [0.05, 0.1) is 25.9 Å². The third-order valence-corrected chi connectivity index (χ3v) is 11.1. The van der Waals surface area contributed by atoms with Gasteiger partial charge in [-0.05, 0) is 20.9 Å². The Hall–Kier alpha value is -2.68. The van der Waals surface area contributed by atoms with Gasteiger partial charge in [-0.15, -0.1) is 0 Å². The van der Waals surface area contributed by atoms with E-state index in [1.54, 1.807) is 0 Å². The van der Waals surface area contributed by atoms with Crippen molar-refractivity contribution in [2.75, 3.05) is 20.8 Å². The molecule has 4 atom stereocenters. The molecule has 2 aromatic rings. The van der Waals surface area contributed by atoms with E-state index in [-0.39, 0.29) is 11.6 Å². The zero-order chi connectivity index (χ0) is 24.1. The Labute approximate surface area is 195 Å². The summed E-state index contributed by atoms with van der Waals surface area (Å²) in [7, 11) is -0.0924. The summed E-state index contributed by atoms with van der Waals surface area (Å²) in [5, 5.41) is 5.90. The standard InChI is InChI=1S/C24H31N3O5Si/c1-24(2,3)33(17-12-8-6-9-13-17,18-14-10-7-11-15-18)31-16-19-20(26-27-25)21(29-4)22(32-19)23(28)30-5/h6-15,19-22H,16H2,1-5H3/t19-,20-,21-,22-/m1/s1. The lowest BCUT2D eigenvalue weighted by Crippen LogP contribution is -2.67. The molecule has 0 bridgehead atoms. The lowest BCUT2D eigenvalue weighted by Gasteiger charge is -2.43.